The van der Waals surface area contributed by atoms with E-state index in [9.17, 15) is 0 Å². The zero-order valence-corrected chi connectivity index (χ0v) is 41.3. The van der Waals surface area contributed by atoms with Crippen molar-refractivity contribution >= 4 is 94.3 Å². The molecule has 2 fully saturated rings. The molecule has 372 valence electrons. The van der Waals surface area contributed by atoms with E-state index < -0.39 is 0 Å². The van der Waals surface area contributed by atoms with Crippen molar-refractivity contribution in [1.82, 2.24) is 29.7 Å². The Balaban J connectivity index is 0.000000223. The summed E-state index contributed by atoms with van der Waals surface area (Å²) in [6, 6.07) is 30.4. The summed E-state index contributed by atoms with van der Waals surface area (Å²) in [5.41, 5.74) is 16.2. The van der Waals surface area contributed by atoms with E-state index in [1.165, 1.54) is 18.9 Å². The molecule has 2 aliphatic heterocycles. The molecule has 0 saturated carbocycles. The van der Waals surface area contributed by atoms with Crippen LogP contribution in [-0.4, -0.2) is 126 Å². The molecular weight excluding hydrogens is 982 g/mol. The number of aromatic nitrogens is 4. The van der Waals surface area contributed by atoms with E-state index in [1.54, 1.807) is 30.3 Å². The number of hydrogen-bond donors (Lipinski definition) is 5. The van der Waals surface area contributed by atoms with Gasteiger partial charge in [0.15, 0.2) is 0 Å². The van der Waals surface area contributed by atoms with E-state index in [2.05, 4.69) is 50.7 Å². The fourth-order valence-electron chi connectivity index (χ4n) is 6.55. The van der Waals surface area contributed by atoms with E-state index in [4.69, 9.17) is 75.3 Å². The zero-order chi connectivity index (χ0) is 48.5. The largest absolute Gasteiger partial charge is 0.487 e. The summed E-state index contributed by atoms with van der Waals surface area (Å²) < 4.78 is 22.1. The third kappa shape index (κ3) is 18.3. The number of halogens is 4. The highest BCUT2D eigenvalue weighted by molar-refractivity contribution is 6.32. The van der Waals surface area contributed by atoms with Gasteiger partial charge in [0, 0.05) is 56.5 Å². The van der Waals surface area contributed by atoms with Gasteiger partial charge < -0.3 is 51.1 Å². The molecule has 0 amide bonds. The highest BCUT2D eigenvalue weighted by Gasteiger charge is 2.13. The number of rotatable bonds is 18. The van der Waals surface area contributed by atoms with Crippen LogP contribution in [0.4, 0.5) is 34.6 Å². The second kappa shape index (κ2) is 30.4. The summed E-state index contributed by atoms with van der Waals surface area (Å²) >= 11 is 18.3. The molecular formula is C48H56Cl4N12O6. The third-order valence-corrected chi connectivity index (χ3v) is 11.0. The van der Waals surface area contributed by atoms with E-state index in [0.717, 1.165) is 94.6 Å². The third-order valence-electron chi connectivity index (χ3n) is 10.2. The Morgan fingerprint density at radius 3 is 1.54 bits per heavy atom. The molecule has 0 atom stereocenters. The normalized spacial score (nSPS) is 13.8. The molecule has 22 heteroatoms. The second-order valence-corrected chi connectivity index (χ2v) is 16.2. The van der Waals surface area contributed by atoms with E-state index in [0.29, 0.717) is 69.8 Å². The molecule has 2 aromatic heterocycles. The number of ether oxygens (including phenoxy) is 4. The van der Waals surface area contributed by atoms with Gasteiger partial charge in [0.1, 0.15) is 67.2 Å². The Hall–Kier alpha value is -6.22. The Kier molecular flexibility index (Phi) is 23.8. The van der Waals surface area contributed by atoms with Gasteiger partial charge in [-0.15, -0.1) is 24.0 Å². The molecule has 0 aliphatic carbocycles. The number of oxime groups is 2. The van der Waals surface area contributed by atoms with Crippen LogP contribution in [0.3, 0.4) is 0 Å². The van der Waals surface area contributed by atoms with Gasteiger partial charge in [-0.3, -0.25) is 9.80 Å². The van der Waals surface area contributed by atoms with Gasteiger partial charge in [-0.1, -0.05) is 94.2 Å². The summed E-state index contributed by atoms with van der Waals surface area (Å²) in [4.78, 5) is 26.3. The summed E-state index contributed by atoms with van der Waals surface area (Å²) in [5, 5.41) is 23.0. The minimum atomic E-state index is 0. The fraction of sp³-hybridized carbons (Fsp3) is 0.292. The van der Waals surface area contributed by atoms with Crippen LogP contribution in [0.2, 0.25) is 10.0 Å². The molecule has 18 nitrogen and oxygen atoms in total. The Morgan fingerprint density at radius 2 is 1.10 bits per heavy atom. The zero-order valence-electron chi connectivity index (χ0n) is 38.2. The van der Waals surface area contributed by atoms with Gasteiger partial charge in [0.05, 0.1) is 60.0 Å². The molecule has 0 radical (unpaired) electrons. The van der Waals surface area contributed by atoms with Crippen molar-refractivity contribution < 1.29 is 29.0 Å². The molecule has 6 aromatic rings. The first-order valence-electron chi connectivity index (χ1n) is 22.0. The van der Waals surface area contributed by atoms with Gasteiger partial charge in [-0.2, -0.15) is 0 Å². The van der Waals surface area contributed by atoms with Gasteiger partial charge in [-0.05, 0) is 47.5 Å². The smallest absolute Gasteiger partial charge is 0.144 e. The highest BCUT2D eigenvalue weighted by atomic mass is 35.5. The molecule has 70 heavy (non-hydrogen) atoms. The van der Waals surface area contributed by atoms with Crippen LogP contribution in [0.1, 0.15) is 22.3 Å². The average molecular weight is 1040 g/mol. The first-order valence-corrected chi connectivity index (χ1v) is 23.2. The molecule has 8 rings (SSSR count). The number of morpholine rings is 2. The quantitative estimate of drug-likeness (QED) is 0.0179. The molecule has 0 spiro atoms. The number of nitrogens with two attached hydrogens (primary N) is 2. The lowest BCUT2D eigenvalue weighted by Gasteiger charge is -2.25. The van der Waals surface area contributed by atoms with Crippen LogP contribution >= 0.6 is 47.2 Å². The number of nitrogens with zero attached hydrogens (tertiary/aromatic N) is 8. The van der Waals surface area contributed by atoms with Crippen LogP contribution in [0.5, 0.6) is 11.5 Å². The standard InChI is InChI=1S/C24H27ClN6O3.C18H16ClN5O2.C6H12ClNO.ClH/c25-21-14-19(6-7-22(21)33-16-18-4-2-1-3-5-18)30-24-20(23(26)27-17-28-24)15-29-34-13-10-31-8-11-32-12-9-31;19-15-8-13(24-18-14(9-23-25)17(20)21-11-22-18)6-7-16(15)26-10-12-4-2-1-3-5-12;7-1-2-8-3-5-9-6-4-8;/h1-7,14-15,17H,8-13,16H2,(H3,26,27,28,30);1-9,11,25H,10H2,(H3,20,21,22,24);1-6H2;1H/b29-15+;23-9+;;. The maximum absolute atomic E-state index is 8.76. The predicted molar refractivity (Wildman–Crippen MR) is 279 cm³/mol. The first kappa shape index (κ1) is 54.7. The summed E-state index contributed by atoms with van der Waals surface area (Å²) in [5.74, 6) is 3.25. The van der Waals surface area contributed by atoms with Gasteiger partial charge >= 0.3 is 0 Å². The first-order chi connectivity index (χ1) is 33.8. The summed E-state index contributed by atoms with van der Waals surface area (Å²) in [7, 11) is 0. The topological polar surface area (TPSA) is 225 Å². The number of anilines is 6. The van der Waals surface area contributed by atoms with Crippen molar-refractivity contribution in [3.8, 4) is 11.5 Å². The Labute approximate surface area is 428 Å². The number of benzene rings is 4. The Bertz CT molecular complexity index is 2520. The lowest BCUT2D eigenvalue weighted by molar-refractivity contribution is 0.0214. The Morgan fingerprint density at radius 1 is 0.643 bits per heavy atom. The molecule has 7 N–H and O–H groups in total. The van der Waals surface area contributed by atoms with Crippen LogP contribution in [0, 0.1) is 0 Å². The number of hydrogen-bond acceptors (Lipinski definition) is 18. The minimum Gasteiger partial charge on any atom is -0.487 e. The van der Waals surface area contributed by atoms with Crippen molar-refractivity contribution in [2.24, 2.45) is 10.3 Å². The van der Waals surface area contributed by atoms with Gasteiger partial charge in [0.2, 0.25) is 0 Å². The van der Waals surface area contributed by atoms with Crippen LogP contribution in [-0.2, 0) is 27.5 Å². The predicted octanol–water partition coefficient (Wildman–Crippen LogP) is 8.54. The van der Waals surface area contributed by atoms with Crippen molar-refractivity contribution in [3.63, 3.8) is 0 Å². The van der Waals surface area contributed by atoms with E-state index in [-0.39, 0.29) is 24.0 Å². The van der Waals surface area contributed by atoms with Gasteiger partial charge in [0.25, 0.3) is 0 Å². The number of nitrogen functional groups attached to an aromatic ring is 2. The number of alkyl halides is 1. The SMILES string of the molecule is Cl.ClCCN1CCOCC1.Nc1ncnc(Nc2ccc(OCc3ccccc3)c(Cl)c2)c1/C=N/O.Nc1ncnc(Nc2ccc(OCc3ccccc3)c(Cl)c2)c1/C=N/OCCN1CCOCC1. The molecule has 2 saturated heterocycles. The van der Waals surface area contributed by atoms with E-state index in [1.807, 2.05) is 66.7 Å². The molecule has 0 unspecified atom stereocenters. The maximum atomic E-state index is 8.76. The van der Waals surface area contributed by atoms with E-state index >= 15 is 0 Å². The fourth-order valence-corrected chi connectivity index (χ4v) is 7.26. The second-order valence-electron chi connectivity index (χ2n) is 15.0. The van der Waals surface area contributed by atoms with Gasteiger partial charge in [-0.25, -0.2) is 19.9 Å². The van der Waals surface area contributed by atoms with Crippen molar-refractivity contribution in [2.45, 2.75) is 13.2 Å². The van der Waals surface area contributed by atoms with Crippen LogP contribution in [0.25, 0.3) is 0 Å². The van der Waals surface area contributed by atoms with Crippen molar-refractivity contribution in [3.05, 3.63) is 142 Å². The van der Waals surface area contributed by atoms with Crippen molar-refractivity contribution in [1.29, 1.82) is 0 Å². The maximum Gasteiger partial charge on any atom is 0.144 e. The molecule has 0 bridgehead atoms. The monoisotopic (exact) mass is 1040 g/mol. The average Bonchev–Trinajstić information content (AvgIpc) is 3.37. The molecule has 2 aliphatic rings. The lowest BCUT2D eigenvalue weighted by atomic mass is 10.2. The number of nitrogens with one attached hydrogen (secondary N) is 2. The van der Waals surface area contributed by atoms with Crippen LogP contribution in [0.15, 0.2) is 120 Å². The highest BCUT2D eigenvalue weighted by Crippen LogP contribution is 2.32. The van der Waals surface area contributed by atoms with Crippen molar-refractivity contribution in [2.75, 3.05) is 100 Å². The minimum absolute atomic E-state index is 0. The summed E-state index contributed by atoms with van der Waals surface area (Å²) in [6.07, 6.45) is 5.37. The molecule has 4 heterocycles. The molecule has 4 aromatic carbocycles. The van der Waals surface area contributed by atoms with Crippen LogP contribution < -0.4 is 31.6 Å². The lowest BCUT2D eigenvalue weighted by Crippen LogP contribution is -2.38. The summed E-state index contributed by atoms with van der Waals surface area (Å²) in [6.45, 7) is 10.3.